The Morgan fingerprint density at radius 2 is 1.11 bits per heavy atom. The van der Waals surface area contributed by atoms with Gasteiger partial charge in [0.15, 0.2) is 0 Å². The highest BCUT2D eigenvalue weighted by Crippen LogP contribution is 2.31. The van der Waals surface area contributed by atoms with Gasteiger partial charge in [0.05, 0.1) is 12.1 Å². The van der Waals surface area contributed by atoms with Gasteiger partial charge in [-0.1, -0.05) is 41.5 Å². The fourth-order valence-electron chi connectivity index (χ4n) is 5.59. The van der Waals surface area contributed by atoms with Crippen LogP contribution in [0, 0.1) is 23.7 Å². The van der Waals surface area contributed by atoms with Gasteiger partial charge in [0.1, 0.15) is 6.04 Å². The molecule has 1 heterocycles. The summed E-state index contributed by atoms with van der Waals surface area (Å²) >= 11 is 0. The van der Waals surface area contributed by atoms with E-state index in [9.17, 15) is 19.2 Å². The Hall–Kier alpha value is -2.32. The molecule has 1 unspecified atom stereocenters. The molecular weight excluding hydrogens is 474 g/mol. The van der Waals surface area contributed by atoms with Crippen molar-refractivity contribution in [2.45, 2.75) is 124 Å². The van der Waals surface area contributed by atoms with Gasteiger partial charge in [0, 0.05) is 18.4 Å². The lowest BCUT2D eigenvalue weighted by Gasteiger charge is -2.37. The van der Waals surface area contributed by atoms with Crippen LogP contribution in [0.2, 0.25) is 0 Å². The van der Waals surface area contributed by atoms with Crippen LogP contribution in [0.1, 0.15) is 106 Å². The van der Waals surface area contributed by atoms with Crippen molar-refractivity contribution in [3.05, 3.63) is 0 Å². The number of likely N-dealkylation sites (tertiary alicyclic amines) is 1. The molecule has 1 saturated heterocycles. The third kappa shape index (κ3) is 7.38. The molecule has 9 heteroatoms. The van der Waals surface area contributed by atoms with E-state index in [0.717, 1.165) is 51.4 Å². The van der Waals surface area contributed by atoms with Crippen molar-refractivity contribution in [2.75, 3.05) is 6.54 Å². The maximum Gasteiger partial charge on any atom is 0.435 e. The van der Waals surface area contributed by atoms with Crippen LogP contribution < -0.4 is 0 Å². The van der Waals surface area contributed by atoms with E-state index in [1.165, 1.54) is 15.0 Å². The summed E-state index contributed by atoms with van der Waals surface area (Å²) in [4.78, 5) is 65.4. The molecule has 37 heavy (non-hydrogen) atoms. The van der Waals surface area contributed by atoms with Crippen molar-refractivity contribution in [3.8, 4) is 0 Å². The molecule has 2 saturated carbocycles. The lowest BCUT2D eigenvalue weighted by molar-refractivity contribution is -0.216. The van der Waals surface area contributed by atoms with E-state index in [4.69, 9.17) is 9.68 Å². The number of hydrogen-bond donors (Lipinski definition) is 0. The normalized spacial score (nSPS) is 28.2. The summed E-state index contributed by atoms with van der Waals surface area (Å²) < 4.78 is 0. The maximum absolute atomic E-state index is 13.3. The fourth-order valence-corrected chi connectivity index (χ4v) is 5.59. The molecule has 0 aromatic heterocycles. The predicted octanol–water partition coefficient (Wildman–Crippen LogP) is 5.09. The van der Waals surface area contributed by atoms with E-state index in [2.05, 4.69) is 13.8 Å². The first-order chi connectivity index (χ1) is 17.5. The average Bonchev–Trinajstić information content (AvgIpc) is 3.36. The molecule has 3 fully saturated rings. The van der Waals surface area contributed by atoms with Crippen LogP contribution in [-0.2, 0) is 24.1 Å². The van der Waals surface area contributed by atoms with E-state index in [-0.39, 0.29) is 35.7 Å². The molecule has 2 aliphatic carbocycles. The minimum Gasteiger partial charge on any atom is -0.336 e. The van der Waals surface area contributed by atoms with E-state index in [1.807, 2.05) is 0 Å². The Morgan fingerprint density at radius 1 is 0.676 bits per heavy atom. The number of nitrogens with zero attached hydrogens (tertiary/aromatic N) is 3. The van der Waals surface area contributed by atoms with Crippen LogP contribution >= 0.6 is 0 Å². The lowest BCUT2D eigenvalue weighted by atomic mass is 9.87. The Labute approximate surface area is 222 Å². The van der Waals surface area contributed by atoms with Gasteiger partial charge in [-0.15, -0.1) is 0 Å². The van der Waals surface area contributed by atoms with Gasteiger partial charge in [-0.3, -0.25) is 14.5 Å². The zero-order chi connectivity index (χ0) is 27.3. The summed E-state index contributed by atoms with van der Waals surface area (Å²) in [5, 5.41) is 2.54. The van der Waals surface area contributed by atoms with Crippen LogP contribution in [0.3, 0.4) is 0 Å². The summed E-state index contributed by atoms with van der Waals surface area (Å²) in [5.74, 6) is -0.524. The van der Waals surface area contributed by atoms with Gasteiger partial charge in [-0.05, 0) is 76.0 Å². The van der Waals surface area contributed by atoms with Crippen molar-refractivity contribution in [1.82, 2.24) is 15.0 Å². The second-order valence-corrected chi connectivity index (χ2v) is 12.1. The number of carbonyl (C=O) groups excluding carboxylic acids is 4. The van der Waals surface area contributed by atoms with Crippen molar-refractivity contribution >= 4 is 23.9 Å². The topological polar surface area (TPSA) is 96.5 Å². The Morgan fingerprint density at radius 3 is 1.54 bits per heavy atom. The van der Waals surface area contributed by atoms with Crippen molar-refractivity contribution in [1.29, 1.82) is 0 Å². The van der Waals surface area contributed by atoms with Crippen LogP contribution in [-0.4, -0.2) is 63.6 Å². The molecule has 0 bridgehead atoms. The highest BCUT2D eigenvalue weighted by Gasteiger charge is 2.42. The minimum atomic E-state index is -0.847. The first-order valence-corrected chi connectivity index (χ1v) is 14.4. The van der Waals surface area contributed by atoms with Gasteiger partial charge in [0.2, 0.25) is 0 Å². The third-order valence-corrected chi connectivity index (χ3v) is 8.18. The van der Waals surface area contributed by atoms with Crippen LogP contribution in [0.4, 0.5) is 4.79 Å². The maximum atomic E-state index is 13.3. The first-order valence-electron chi connectivity index (χ1n) is 14.4. The largest absolute Gasteiger partial charge is 0.435 e. The average molecular weight is 522 g/mol. The highest BCUT2D eigenvalue weighted by molar-refractivity contribution is 5.85. The lowest BCUT2D eigenvalue weighted by Crippen LogP contribution is -2.52. The number of rotatable bonds is 5. The molecule has 3 rings (SSSR count). The number of amides is 3. The molecule has 0 radical (unpaired) electrons. The summed E-state index contributed by atoms with van der Waals surface area (Å²) in [6.45, 7) is 11.9. The molecule has 1 atom stereocenters. The second-order valence-electron chi connectivity index (χ2n) is 12.1. The minimum absolute atomic E-state index is 0.148. The molecule has 210 valence electrons. The fraction of sp³-hybridized carbons (Fsp3) is 0.857. The monoisotopic (exact) mass is 521 g/mol. The van der Waals surface area contributed by atoms with Gasteiger partial charge in [0.25, 0.3) is 11.8 Å². The van der Waals surface area contributed by atoms with Crippen LogP contribution in [0.15, 0.2) is 0 Å². The van der Waals surface area contributed by atoms with Gasteiger partial charge in [-0.25, -0.2) is 9.59 Å². The zero-order valence-corrected chi connectivity index (χ0v) is 23.6. The molecule has 3 amide bonds. The Balaban J connectivity index is 1.70. The SMILES string of the molecule is CC1CCC(N(OC(=O)C2CCCN2C(=O)ON(C(=O)C(C)C)C2CCC(C)CC2)C(=O)C(C)C)CC1. The summed E-state index contributed by atoms with van der Waals surface area (Å²) in [6.07, 6.45) is 7.38. The van der Waals surface area contributed by atoms with Crippen molar-refractivity contribution in [2.24, 2.45) is 23.7 Å². The highest BCUT2D eigenvalue weighted by atomic mass is 16.7. The molecule has 0 aromatic rings. The number of carbonyl (C=O) groups is 4. The van der Waals surface area contributed by atoms with Crippen LogP contribution in [0.25, 0.3) is 0 Å². The number of hydroxylamine groups is 4. The van der Waals surface area contributed by atoms with Gasteiger partial charge in [-0.2, -0.15) is 10.1 Å². The summed E-state index contributed by atoms with van der Waals surface area (Å²) in [6, 6.07) is -1.15. The molecule has 0 N–H and O–H groups in total. The number of hydrogen-bond acceptors (Lipinski definition) is 6. The second kappa shape index (κ2) is 13.0. The van der Waals surface area contributed by atoms with E-state index in [0.29, 0.717) is 31.2 Å². The zero-order valence-electron chi connectivity index (χ0n) is 23.6. The summed E-state index contributed by atoms with van der Waals surface area (Å²) in [7, 11) is 0. The third-order valence-electron chi connectivity index (χ3n) is 8.18. The van der Waals surface area contributed by atoms with Crippen molar-refractivity contribution < 1.29 is 28.9 Å². The predicted molar refractivity (Wildman–Crippen MR) is 139 cm³/mol. The van der Waals surface area contributed by atoms with Crippen molar-refractivity contribution in [3.63, 3.8) is 0 Å². The Kier molecular flexibility index (Phi) is 10.2. The van der Waals surface area contributed by atoms with E-state index >= 15 is 0 Å². The molecule has 9 nitrogen and oxygen atoms in total. The van der Waals surface area contributed by atoms with Gasteiger partial charge < -0.3 is 9.68 Å². The van der Waals surface area contributed by atoms with Gasteiger partial charge >= 0.3 is 12.1 Å². The molecule has 0 aromatic carbocycles. The molecule has 3 aliphatic rings. The van der Waals surface area contributed by atoms with E-state index in [1.54, 1.807) is 27.7 Å². The van der Waals surface area contributed by atoms with Crippen LogP contribution in [0.5, 0.6) is 0 Å². The molecular formula is C28H47N3O6. The molecule has 0 spiro atoms. The van der Waals surface area contributed by atoms with E-state index < -0.39 is 18.1 Å². The smallest absolute Gasteiger partial charge is 0.336 e. The Bertz CT molecular complexity index is 749. The quantitative estimate of drug-likeness (QED) is 0.468. The first kappa shape index (κ1) is 29.2. The summed E-state index contributed by atoms with van der Waals surface area (Å²) in [5.41, 5.74) is 0. The standard InChI is InChI=1S/C28H47N3O6/c1-18(2)25(32)30(22-13-9-20(5)10-14-22)36-27(34)24-8-7-17-29(24)28(35)37-31(26(33)19(3)4)23-15-11-21(6)12-16-23/h18-24H,7-17H2,1-6H3. The molecule has 1 aliphatic heterocycles.